The van der Waals surface area contributed by atoms with Gasteiger partial charge in [-0.25, -0.2) is 0 Å². The van der Waals surface area contributed by atoms with Crippen molar-refractivity contribution in [2.45, 2.75) is 38.1 Å². The summed E-state index contributed by atoms with van der Waals surface area (Å²) in [6.07, 6.45) is 8.37. The molecule has 3 rings (SSSR count). The summed E-state index contributed by atoms with van der Waals surface area (Å²) < 4.78 is 0. The topological polar surface area (TPSA) is 69.2 Å². The summed E-state index contributed by atoms with van der Waals surface area (Å²) in [6, 6.07) is 16.3. The monoisotopic (exact) mass is 372 g/mol. The molecule has 26 heavy (non-hydrogen) atoms. The third-order valence-corrected chi connectivity index (χ3v) is 4.98. The van der Waals surface area contributed by atoms with E-state index in [1.165, 1.54) is 38.2 Å². The fourth-order valence-corrected chi connectivity index (χ4v) is 3.65. The molecular formula is C21H25ClN2O2. The summed E-state index contributed by atoms with van der Waals surface area (Å²) in [7, 11) is 0. The smallest absolute Gasteiger partial charge is 0.274 e. The minimum absolute atomic E-state index is 0. The van der Waals surface area contributed by atoms with E-state index in [9.17, 15) is 10.1 Å². The molecule has 2 aromatic carbocycles. The normalized spacial score (nSPS) is 16.6. The van der Waals surface area contributed by atoms with Gasteiger partial charge < -0.3 is 5.73 Å². The van der Waals surface area contributed by atoms with E-state index in [1.807, 2.05) is 36.4 Å². The number of benzene rings is 2. The molecule has 0 amide bonds. The molecule has 5 heteroatoms. The number of rotatable bonds is 5. The Morgan fingerprint density at radius 1 is 1.04 bits per heavy atom. The van der Waals surface area contributed by atoms with Gasteiger partial charge in [0.25, 0.3) is 5.69 Å². The Hall–Kier alpha value is -2.17. The number of nitro benzene ring substituents is 1. The molecule has 0 saturated heterocycles. The summed E-state index contributed by atoms with van der Waals surface area (Å²) in [5.41, 5.74) is 9.23. The van der Waals surface area contributed by atoms with Crippen LogP contribution in [0, 0.1) is 16.0 Å². The first-order valence-corrected chi connectivity index (χ1v) is 8.93. The third-order valence-electron chi connectivity index (χ3n) is 4.98. The molecular weight excluding hydrogens is 348 g/mol. The van der Waals surface area contributed by atoms with Gasteiger partial charge in [0.05, 0.1) is 16.5 Å². The summed E-state index contributed by atoms with van der Waals surface area (Å²) in [5.74, 6) is 0.498. The van der Waals surface area contributed by atoms with Crippen molar-refractivity contribution in [3.8, 4) is 0 Å². The minimum Gasteiger partial charge on any atom is -0.320 e. The zero-order valence-corrected chi connectivity index (χ0v) is 15.5. The van der Waals surface area contributed by atoms with E-state index in [0.717, 1.165) is 11.1 Å². The number of nitro groups is 1. The van der Waals surface area contributed by atoms with Crippen molar-refractivity contribution in [3.63, 3.8) is 0 Å². The van der Waals surface area contributed by atoms with Gasteiger partial charge in [0.2, 0.25) is 0 Å². The first-order chi connectivity index (χ1) is 12.2. The highest BCUT2D eigenvalue weighted by Crippen LogP contribution is 2.36. The van der Waals surface area contributed by atoms with Crippen LogP contribution in [0.25, 0.3) is 5.57 Å². The molecule has 1 aliphatic carbocycles. The number of hydrogen-bond acceptors (Lipinski definition) is 3. The Kier molecular flexibility index (Phi) is 7.37. The maximum atomic E-state index is 11.4. The first-order valence-electron chi connectivity index (χ1n) is 8.93. The van der Waals surface area contributed by atoms with Crippen molar-refractivity contribution in [3.05, 3.63) is 81.9 Å². The van der Waals surface area contributed by atoms with E-state index in [2.05, 4.69) is 6.08 Å². The second-order valence-electron chi connectivity index (χ2n) is 6.68. The van der Waals surface area contributed by atoms with Crippen LogP contribution in [-0.4, -0.2) is 4.92 Å². The Morgan fingerprint density at radius 3 is 2.31 bits per heavy atom. The van der Waals surface area contributed by atoms with Crippen LogP contribution in [-0.2, 0) is 0 Å². The average molecular weight is 373 g/mol. The van der Waals surface area contributed by atoms with Crippen LogP contribution in [0.4, 0.5) is 5.69 Å². The van der Waals surface area contributed by atoms with Crippen LogP contribution in [0.15, 0.2) is 60.7 Å². The van der Waals surface area contributed by atoms with Gasteiger partial charge in [-0.3, -0.25) is 10.1 Å². The zero-order chi connectivity index (χ0) is 17.6. The molecule has 0 heterocycles. The maximum absolute atomic E-state index is 11.4. The number of nitrogens with two attached hydrogens (primary N) is 1. The Balaban J connectivity index is 0.00000243. The number of para-hydroxylation sites is 1. The van der Waals surface area contributed by atoms with Gasteiger partial charge in [-0.15, -0.1) is 12.4 Å². The van der Waals surface area contributed by atoms with Gasteiger partial charge in [0, 0.05) is 6.07 Å². The summed E-state index contributed by atoms with van der Waals surface area (Å²) in [5, 5.41) is 11.4. The van der Waals surface area contributed by atoms with Crippen LogP contribution >= 0.6 is 12.4 Å². The summed E-state index contributed by atoms with van der Waals surface area (Å²) in [6.45, 7) is 0. The molecule has 0 spiro atoms. The summed E-state index contributed by atoms with van der Waals surface area (Å²) >= 11 is 0. The van der Waals surface area contributed by atoms with E-state index < -0.39 is 6.04 Å². The Bertz CT molecular complexity index is 756. The van der Waals surface area contributed by atoms with Crippen LogP contribution in [0.3, 0.4) is 0 Å². The maximum Gasteiger partial charge on any atom is 0.274 e. The molecule has 1 unspecified atom stereocenters. The van der Waals surface area contributed by atoms with Crippen LogP contribution in [0.2, 0.25) is 0 Å². The Morgan fingerprint density at radius 2 is 1.65 bits per heavy atom. The van der Waals surface area contributed by atoms with Crippen LogP contribution in [0.5, 0.6) is 0 Å². The highest BCUT2D eigenvalue weighted by Gasteiger charge is 2.24. The van der Waals surface area contributed by atoms with E-state index in [1.54, 1.807) is 12.1 Å². The third kappa shape index (κ3) is 4.71. The SMILES string of the molecule is Cl.NC(/C(=C/C1CCCCC1)c1ccccc1)c1ccccc1[N+](=O)[O-]. The fourth-order valence-electron chi connectivity index (χ4n) is 3.65. The van der Waals surface area contributed by atoms with Gasteiger partial charge in [-0.05, 0) is 29.9 Å². The molecule has 1 aliphatic rings. The van der Waals surface area contributed by atoms with Gasteiger partial charge in [0.1, 0.15) is 0 Å². The standard InChI is InChI=1S/C21H24N2O2.ClH/c22-21(18-13-7-8-14-20(18)23(24)25)19(17-11-5-2-6-12-17)15-16-9-3-1-4-10-16;/h2,5-8,11-16,21H,1,3-4,9-10,22H2;1H/b19-15+;. The number of nitrogens with zero attached hydrogens (tertiary/aromatic N) is 1. The number of allylic oxidation sites excluding steroid dienone is 1. The van der Waals surface area contributed by atoms with Crippen molar-refractivity contribution in [1.82, 2.24) is 0 Å². The lowest BCUT2D eigenvalue weighted by Gasteiger charge is -2.23. The van der Waals surface area contributed by atoms with E-state index in [-0.39, 0.29) is 23.0 Å². The zero-order valence-electron chi connectivity index (χ0n) is 14.7. The molecule has 138 valence electrons. The lowest BCUT2D eigenvalue weighted by molar-refractivity contribution is -0.385. The molecule has 1 fully saturated rings. The second kappa shape index (κ2) is 9.51. The number of hydrogen-bond donors (Lipinski definition) is 1. The molecule has 0 aromatic heterocycles. The van der Waals surface area contributed by atoms with Crippen molar-refractivity contribution >= 4 is 23.7 Å². The quantitative estimate of drug-likeness (QED) is 0.542. The van der Waals surface area contributed by atoms with Crippen LogP contribution < -0.4 is 5.73 Å². The van der Waals surface area contributed by atoms with Gasteiger partial charge in [-0.1, -0.05) is 73.9 Å². The second-order valence-corrected chi connectivity index (χ2v) is 6.68. The molecule has 1 saturated carbocycles. The van der Waals surface area contributed by atoms with Gasteiger partial charge >= 0.3 is 0 Å². The lowest BCUT2D eigenvalue weighted by Crippen LogP contribution is -2.16. The van der Waals surface area contributed by atoms with Crippen molar-refractivity contribution < 1.29 is 4.92 Å². The average Bonchev–Trinajstić information content (AvgIpc) is 2.67. The molecule has 0 bridgehead atoms. The van der Waals surface area contributed by atoms with Gasteiger partial charge in [0.15, 0.2) is 0 Å². The molecule has 4 nitrogen and oxygen atoms in total. The van der Waals surface area contributed by atoms with Crippen molar-refractivity contribution in [2.75, 3.05) is 0 Å². The van der Waals surface area contributed by atoms with E-state index in [0.29, 0.717) is 11.5 Å². The van der Waals surface area contributed by atoms with Crippen molar-refractivity contribution in [2.24, 2.45) is 11.7 Å². The lowest BCUT2D eigenvalue weighted by atomic mass is 9.84. The highest BCUT2D eigenvalue weighted by atomic mass is 35.5. The number of halogens is 1. The van der Waals surface area contributed by atoms with E-state index in [4.69, 9.17) is 5.73 Å². The van der Waals surface area contributed by atoms with Gasteiger partial charge in [-0.2, -0.15) is 0 Å². The highest BCUT2D eigenvalue weighted by molar-refractivity contribution is 5.85. The minimum atomic E-state index is -0.508. The van der Waals surface area contributed by atoms with Crippen molar-refractivity contribution in [1.29, 1.82) is 0 Å². The fraction of sp³-hybridized carbons (Fsp3) is 0.333. The molecule has 0 radical (unpaired) electrons. The predicted octanol–water partition coefficient (Wildman–Crippen LogP) is 5.68. The van der Waals surface area contributed by atoms with Crippen LogP contribution in [0.1, 0.15) is 49.3 Å². The predicted molar refractivity (Wildman–Crippen MR) is 108 cm³/mol. The molecule has 2 N–H and O–H groups in total. The molecule has 0 aliphatic heterocycles. The molecule has 1 atom stereocenters. The first kappa shape index (κ1) is 20.1. The largest absolute Gasteiger partial charge is 0.320 e. The summed E-state index contributed by atoms with van der Waals surface area (Å²) in [4.78, 5) is 11.1. The Labute approximate surface area is 160 Å². The molecule has 2 aromatic rings. The van der Waals surface area contributed by atoms with E-state index >= 15 is 0 Å².